The normalized spacial score (nSPS) is 16.9. The summed E-state index contributed by atoms with van der Waals surface area (Å²) >= 11 is 11.2. The van der Waals surface area contributed by atoms with Crippen molar-refractivity contribution in [2.24, 2.45) is 0 Å². The van der Waals surface area contributed by atoms with E-state index in [1.54, 1.807) is 0 Å². The molecule has 0 bridgehead atoms. The van der Waals surface area contributed by atoms with E-state index in [0.29, 0.717) is 44.4 Å². The van der Waals surface area contributed by atoms with Gasteiger partial charge in [-0.15, -0.1) is 23.2 Å². The molecule has 2 amide bonds. The molecule has 0 N–H and O–H groups in total. The molecule has 1 aliphatic rings. The number of halogens is 2. The lowest BCUT2D eigenvalue weighted by Crippen LogP contribution is -2.42. The summed E-state index contributed by atoms with van der Waals surface area (Å²) in [6.07, 6.45) is 0.656. The van der Waals surface area contributed by atoms with Gasteiger partial charge in [0.1, 0.15) is 0 Å². The number of likely N-dealkylation sites (tertiary alicyclic amines) is 1. The van der Waals surface area contributed by atoms with Crippen molar-refractivity contribution in [1.82, 2.24) is 9.80 Å². The number of nitrogens with zero attached hydrogens (tertiary/aromatic N) is 2. The maximum absolute atomic E-state index is 11.3. The van der Waals surface area contributed by atoms with Crippen molar-refractivity contribution in [3.8, 4) is 0 Å². The van der Waals surface area contributed by atoms with Crippen LogP contribution in [0.5, 0.6) is 0 Å². The van der Waals surface area contributed by atoms with Crippen LogP contribution in [-0.4, -0.2) is 53.1 Å². The maximum atomic E-state index is 11.3. The molecule has 0 radical (unpaired) electrons. The Hall–Kier alpha value is -0.320. The summed E-state index contributed by atoms with van der Waals surface area (Å²) in [6.45, 7) is 1.58. The Morgan fingerprint density at radius 2 is 1.53 bits per heavy atom. The minimum absolute atomic E-state index is 0.103. The van der Waals surface area contributed by atoms with E-state index in [1.807, 2.05) is 4.90 Å². The highest BCUT2D eigenvalue weighted by Gasteiger charge is 2.29. The molecule has 0 aromatic rings. The molecule has 1 fully saturated rings. The number of carbonyl (C=O) groups excluding carboxylic acids is 2. The highest BCUT2D eigenvalue weighted by Crippen LogP contribution is 2.12. The molecule has 1 saturated heterocycles. The number of amides is 2. The third-order valence-electron chi connectivity index (χ3n) is 2.30. The first-order chi connectivity index (χ1) is 7.19. The molecule has 0 atom stereocenters. The Labute approximate surface area is 99.1 Å². The molecule has 0 unspecified atom stereocenters. The van der Waals surface area contributed by atoms with Gasteiger partial charge < -0.3 is 0 Å². The smallest absolute Gasteiger partial charge is 0.230 e. The molecule has 1 heterocycles. The van der Waals surface area contributed by atoms with Gasteiger partial charge in [0.15, 0.2) is 0 Å². The average molecular weight is 253 g/mol. The van der Waals surface area contributed by atoms with E-state index in [4.69, 9.17) is 23.2 Å². The number of imide groups is 1. The predicted molar refractivity (Wildman–Crippen MR) is 59.0 cm³/mol. The van der Waals surface area contributed by atoms with Crippen molar-refractivity contribution >= 4 is 35.0 Å². The molecular formula is C9H14Cl2N2O2. The SMILES string of the molecule is O=C1CCC(=O)N1CN(CCCl)CCCl. The van der Waals surface area contributed by atoms with Crippen LogP contribution < -0.4 is 0 Å². The second-order valence-corrected chi connectivity index (χ2v) is 4.11. The van der Waals surface area contributed by atoms with Crippen LogP contribution in [0, 0.1) is 0 Å². The minimum atomic E-state index is -0.103. The number of hydrogen-bond donors (Lipinski definition) is 0. The van der Waals surface area contributed by atoms with Crippen molar-refractivity contribution < 1.29 is 9.59 Å². The fourth-order valence-electron chi connectivity index (χ4n) is 1.47. The number of alkyl halides is 2. The van der Waals surface area contributed by atoms with Crippen LogP contribution in [0.3, 0.4) is 0 Å². The summed E-state index contributed by atoms with van der Waals surface area (Å²) in [4.78, 5) is 25.9. The molecule has 0 spiro atoms. The second kappa shape index (κ2) is 6.30. The lowest BCUT2D eigenvalue weighted by molar-refractivity contribution is -0.140. The van der Waals surface area contributed by atoms with Gasteiger partial charge in [-0.3, -0.25) is 19.4 Å². The standard InChI is InChI=1S/C9H14Cl2N2O2/c10-3-5-12(6-4-11)7-13-8(14)1-2-9(13)15/h1-7H2. The fourth-order valence-corrected chi connectivity index (χ4v) is 1.95. The first-order valence-corrected chi connectivity index (χ1v) is 5.93. The lowest BCUT2D eigenvalue weighted by atomic mass is 10.4. The van der Waals surface area contributed by atoms with Crippen molar-refractivity contribution in [1.29, 1.82) is 0 Å². The zero-order valence-electron chi connectivity index (χ0n) is 8.42. The Morgan fingerprint density at radius 1 is 1.07 bits per heavy atom. The molecule has 0 aromatic heterocycles. The van der Waals surface area contributed by atoms with E-state index < -0.39 is 0 Å². The van der Waals surface area contributed by atoms with Crippen molar-refractivity contribution in [3.63, 3.8) is 0 Å². The van der Waals surface area contributed by atoms with Gasteiger partial charge in [-0.05, 0) is 0 Å². The van der Waals surface area contributed by atoms with Crippen LogP contribution in [-0.2, 0) is 9.59 Å². The van der Waals surface area contributed by atoms with Crippen LogP contribution in [0.1, 0.15) is 12.8 Å². The minimum Gasteiger partial charge on any atom is -0.283 e. The van der Waals surface area contributed by atoms with Crippen molar-refractivity contribution in [3.05, 3.63) is 0 Å². The summed E-state index contributed by atoms with van der Waals surface area (Å²) in [5, 5.41) is 0. The predicted octanol–water partition coefficient (Wildman–Crippen LogP) is 0.873. The summed E-state index contributed by atoms with van der Waals surface area (Å²) in [5.41, 5.74) is 0. The molecule has 1 aliphatic heterocycles. The van der Waals surface area contributed by atoms with E-state index >= 15 is 0 Å². The Morgan fingerprint density at radius 3 is 1.93 bits per heavy atom. The first-order valence-electron chi connectivity index (χ1n) is 4.86. The molecule has 86 valence electrons. The first kappa shape index (κ1) is 12.7. The van der Waals surface area contributed by atoms with Gasteiger partial charge in [-0.1, -0.05) is 0 Å². The van der Waals surface area contributed by atoms with Crippen LogP contribution in [0.4, 0.5) is 0 Å². The zero-order valence-corrected chi connectivity index (χ0v) is 9.93. The van der Waals surface area contributed by atoms with Gasteiger partial charge in [0.05, 0.1) is 6.67 Å². The molecule has 6 heteroatoms. The van der Waals surface area contributed by atoms with Gasteiger partial charge in [0.25, 0.3) is 0 Å². The number of carbonyl (C=O) groups is 2. The third-order valence-corrected chi connectivity index (χ3v) is 2.64. The summed E-state index contributed by atoms with van der Waals surface area (Å²) < 4.78 is 0. The van der Waals surface area contributed by atoms with E-state index in [1.165, 1.54) is 4.90 Å². The fraction of sp³-hybridized carbons (Fsp3) is 0.778. The molecule has 15 heavy (non-hydrogen) atoms. The van der Waals surface area contributed by atoms with E-state index in [9.17, 15) is 9.59 Å². The third kappa shape index (κ3) is 3.63. The lowest BCUT2D eigenvalue weighted by Gasteiger charge is -2.25. The molecule has 4 nitrogen and oxygen atoms in total. The van der Waals surface area contributed by atoms with E-state index in [0.717, 1.165) is 0 Å². The van der Waals surface area contributed by atoms with Crippen LogP contribution in [0.2, 0.25) is 0 Å². The summed E-state index contributed by atoms with van der Waals surface area (Å²) in [5.74, 6) is 0.725. The highest BCUT2D eigenvalue weighted by molar-refractivity contribution is 6.18. The molecule has 1 rings (SSSR count). The highest BCUT2D eigenvalue weighted by atomic mass is 35.5. The van der Waals surface area contributed by atoms with Gasteiger partial charge in [-0.25, -0.2) is 0 Å². The van der Waals surface area contributed by atoms with Crippen molar-refractivity contribution in [2.45, 2.75) is 12.8 Å². The Bertz CT molecular complexity index is 226. The van der Waals surface area contributed by atoms with Gasteiger partial charge in [0.2, 0.25) is 11.8 Å². The quantitative estimate of drug-likeness (QED) is 0.521. The number of hydrogen-bond acceptors (Lipinski definition) is 3. The Kier molecular flexibility index (Phi) is 5.36. The largest absolute Gasteiger partial charge is 0.283 e. The Balaban J connectivity index is 2.48. The van der Waals surface area contributed by atoms with Crippen LogP contribution >= 0.6 is 23.2 Å². The van der Waals surface area contributed by atoms with E-state index in [2.05, 4.69) is 0 Å². The summed E-state index contributed by atoms with van der Waals surface area (Å²) in [7, 11) is 0. The zero-order chi connectivity index (χ0) is 11.3. The maximum Gasteiger partial charge on any atom is 0.230 e. The monoisotopic (exact) mass is 252 g/mol. The second-order valence-electron chi connectivity index (χ2n) is 3.35. The van der Waals surface area contributed by atoms with Crippen LogP contribution in [0.15, 0.2) is 0 Å². The van der Waals surface area contributed by atoms with Gasteiger partial charge >= 0.3 is 0 Å². The molecule has 0 saturated carbocycles. The topological polar surface area (TPSA) is 40.6 Å². The van der Waals surface area contributed by atoms with Crippen LogP contribution in [0.25, 0.3) is 0 Å². The number of rotatable bonds is 6. The molecular weight excluding hydrogens is 239 g/mol. The van der Waals surface area contributed by atoms with Gasteiger partial charge in [-0.2, -0.15) is 0 Å². The summed E-state index contributed by atoms with van der Waals surface area (Å²) in [6, 6.07) is 0. The molecule has 0 aromatic carbocycles. The molecule has 0 aliphatic carbocycles. The van der Waals surface area contributed by atoms with E-state index in [-0.39, 0.29) is 11.8 Å². The van der Waals surface area contributed by atoms with Gasteiger partial charge in [0, 0.05) is 37.7 Å². The van der Waals surface area contributed by atoms with Crippen molar-refractivity contribution in [2.75, 3.05) is 31.5 Å². The average Bonchev–Trinajstić information content (AvgIpc) is 2.50.